The van der Waals surface area contributed by atoms with E-state index in [-0.39, 0.29) is 30.2 Å². The van der Waals surface area contributed by atoms with E-state index in [4.69, 9.17) is 0 Å². The van der Waals surface area contributed by atoms with Crippen LogP contribution in [0.4, 0.5) is 9.52 Å². The lowest BCUT2D eigenvalue weighted by molar-refractivity contribution is -0.117. The topological polar surface area (TPSA) is 54.0 Å². The number of anilines is 1. The van der Waals surface area contributed by atoms with Crippen LogP contribution in [0, 0.1) is 5.82 Å². The van der Waals surface area contributed by atoms with Gasteiger partial charge in [0.15, 0.2) is 5.13 Å². The number of aromatic nitrogens is 1. The van der Waals surface area contributed by atoms with Crippen molar-refractivity contribution < 1.29 is 9.18 Å². The number of nitrogens with one attached hydrogen (secondary N) is 2. The van der Waals surface area contributed by atoms with E-state index in [1.807, 2.05) is 5.38 Å². The molecule has 1 atom stereocenters. The molecule has 0 spiro atoms. The van der Waals surface area contributed by atoms with Gasteiger partial charge in [-0.25, -0.2) is 9.37 Å². The molecule has 2 N–H and O–H groups in total. The van der Waals surface area contributed by atoms with Gasteiger partial charge in [0.1, 0.15) is 5.82 Å². The first kappa shape index (κ1) is 15.9. The van der Waals surface area contributed by atoms with Gasteiger partial charge in [0, 0.05) is 10.9 Å². The fourth-order valence-electron chi connectivity index (χ4n) is 2.21. The zero-order valence-electron chi connectivity index (χ0n) is 11.1. The minimum Gasteiger partial charge on any atom is -0.306 e. The van der Waals surface area contributed by atoms with Crippen molar-refractivity contribution in [1.29, 1.82) is 0 Å². The van der Waals surface area contributed by atoms with Gasteiger partial charge < -0.3 is 10.6 Å². The van der Waals surface area contributed by atoms with Crippen LogP contribution < -0.4 is 10.6 Å². The number of carbonyl (C=O) groups is 1. The Labute approximate surface area is 132 Å². The van der Waals surface area contributed by atoms with Crippen molar-refractivity contribution in [3.63, 3.8) is 0 Å². The molecule has 21 heavy (non-hydrogen) atoms. The molecule has 1 fully saturated rings. The molecule has 4 nitrogen and oxygen atoms in total. The number of benzene rings is 1. The molecule has 1 amide bonds. The van der Waals surface area contributed by atoms with Gasteiger partial charge in [-0.3, -0.25) is 4.79 Å². The number of carbonyl (C=O) groups excluding carboxylic acids is 1. The maximum atomic E-state index is 13.2. The summed E-state index contributed by atoms with van der Waals surface area (Å²) in [6.45, 7) is 0.879. The molecule has 2 heterocycles. The molecular weight excluding hydrogens is 313 g/mol. The second-order valence-corrected chi connectivity index (χ2v) is 5.54. The van der Waals surface area contributed by atoms with Crippen LogP contribution in [0.5, 0.6) is 0 Å². The van der Waals surface area contributed by atoms with Gasteiger partial charge in [-0.05, 0) is 31.5 Å². The van der Waals surface area contributed by atoms with Crippen molar-refractivity contribution in [3.8, 4) is 11.3 Å². The summed E-state index contributed by atoms with van der Waals surface area (Å²) in [5.41, 5.74) is 1.38. The summed E-state index contributed by atoms with van der Waals surface area (Å²) < 4.78 is 13.2. The van der Waals surface area contributed by atoms with Crippen LogP contribution in [-0.4, -0.2) is 23.5 Å². The van der Waals surface area contributed by atoms with Gasteiger partial charge >= 0.3 is 0 Å². The molecule has 0 aliphatic carbocycles. The highest BCUT2D eigenvalue weighted by Crippen LogP contribution is 2.25. The molecule has 7 heteroatoms. The van der Waals surface area contributed by atoms with Crippen molar-refractivity contribution in [2.24, 2.45) is 0 Å². The predicted molar refractivity (Wildman–Crippen MR) is 84.4 cm³/mol. The van der Waals surface area contributed by atoms with E-state index in [1.165, 1.54) is 23.5 Å². The van der Waals surface area contributed by atoms with Crippen LogP contribution in [0.2, 0.25) is 0 Å². The first-order chi connectivity index (χ1) is 9.72. The Balaban J connectivity index is 0.00000161. The quantitative estimate of drug-likeness (QED) is 0.911. The van der Waals surface area contributed by atoms with E-state index in [0.717, 1.165) is 19.4 Å². The Morgan fingerprint density at radius 1 is 1.48 bits per heavy atom. The highest BCUT2D eigenvalue weighted by Gasteiger charge is 2.22. The number of nitrogens with zero attached hydrogens (tertiary/aromatic N) is 1. The lowest BCUT2D eigenvalue weighted by Gasteiger charge is -2.08. The van der Waals surface area contributed by atoms with Crippen molar-refractivity contribution in [3.05, 3.63) is 35.5 Å². The zero-order chi connectivity index (χ0) is 13.9. The minimum atomic E-state index is -0.295. The fourth-order valence-corrected chi connectivity index (χ4v) is 2.94. The maximum Gasteiger partial charge on any atom is 0.243 e. The predicted octanol–water partition coefficient (Wildman–Crippen LogP) is 3.06. The second kappa shape index (κ2) is 6.98. The van der Waals surface area contributed by atoms with Crippen LogP contribution in [0.1, 0.15) is 12.8 Å². The smallest absolute Gasteiger partial charge is 0.243 e. The number of rotatable bonds is 3. The van der Waals surface area contributed by atoms with Crippen LogP contribution in [0.25, 0.3) is 11.3 Å². The van der Waals surface area contributed by atoms with Crippen LogP contribution in [0.3, 0.4) is 0 Å². The summed E-state index contributed by atoms with van der Waals surface area (Å²) in [7, 11) is 0. The molecular formula is C14H15ClFN3OS. The van der Waals surface area contributed by atoms with Gasteiger partial charge in [-0.1, -0.05) is 12.1 Å². The van der Waals surface area contributed by atoms with Gasteiger partial charge in [0.05, 0.1) is 11.7 Å². The summed E-state index contributed by atoms with van der Waals surface area (Å²) in [6.07, 6.45) is 1.87. The maximum absolute atomic E-state index is 13.2. The van der Waals surface area contributed by atoms with E-state index < -0.39 is 0 Å². The lowest BCUT2D eigenvalue weighted by Crippen LogP contribution is -2.35. The SMILES string of the molecule is Cl.O=C(Nc1nc(-c2cccc(F)c2)cs1)C1CCCN1. The van der Waals surface area contributed by atoms with E-state index in [9.17, 15) is 9.18 Å². The molecule has 1 aliphatic heterocycles. The van der Waals surface area contributed by atoms with Crippen molar-refractivity contribution in [2.45, 2.75) is 18.9 Å². The standard InChI is InChI=1S/C14H14FN3OS.ClH/c15-10-4-1-3-9(7-10)12-8-20-14(17-12)18-13(19)11-5-2-6-16-11;/h1,3-4,7-8,11,16H,2,5-6H2,(H,17,18,19);1H. The third-order valence-electron chi connectivity index (χ3n) is 3.23. The van der Waals surface area contributed by atoms with E-state index in [0.29, 0.717) is 16.4 Å². The highest BCUT2D eigenvalue weighted by molar-refractivity contribution is 7.14. The highest BCUT2D eigenvalue weighted by atomic mass is 35.5. The molecule has 1 unspecified atom stereocenters. The summed E-state index contributed by atoms with van der Waals surface area (Å²) in [5.74, 6) is -0.348. The summed E-state index contributed by atoms with van der Waals surface area (Å²) in [5, 5.41) is 8.30. The van der Waals surface area contributed by atoms with Crippen LogP contribution >= 0.6 is 23.7 Å². The number of thiazole rings is 1. The Morgan fingerprint density at radius 2 is 2.33 bits per heavy atom. The molecule has 1 aliphatic rings. The molecule has 1 saturated heterocycles. The van der Waals surface area contributed by atoms with Gasteiger partial charge in [-0.15, -0.1) is 23.7 Å². The number of hydrogen-bond donors (Lipinski definition) is 2. The van der Waals surface area contributed by atoms with E-state index >= 15 is 0 Å². The number of hydrogen-bond acceptors (Lipinski definition) is 4. The third-order valence-corrected chi connectivity index (χ3v) is 3.99. The largest absolute Gasteiger partial charge is 0.306 e. The average molecular weight is 328 g/mol. The van der Waals surface area contributed by atoms with Crippen LogP contribution in [-0.2, 0) is 4.79 Å². The summed E-state index contributed by atoms with van der Waals surface area (Å²) in [4.78, 5) is 16.3. The first-order valence-electron chi connectivity index (χ1n) is 6.48. The first-order valence-corrected chi connectivity index (χ1v) is 7.36. The van der Waals surface area contributed by atoms with Crippen molar-refractivity contribution in [2.75, 3.05) is 11.9 Å². The Kier molecular flexibility index (Phi) is 5.27. The van der Waals surface area contributed by atoms with Crippen molar-refractivity contribution >= 4 is 34.8 Å². The molecule has 1 aromatic heterocycles. The Bertz CT molecular complexity index is 628. The molecule has 0 radical (unpaired) electrons. The zero-order valence-corrected chi connectivity index (χ0v) is 12.8. The minimum absolute atomic E-state index is 0. The second-order valence-electron chi connectivity index (χ2n) is 4.69. The molecule has 112 valence electrons. The molecule has 1 aromatic carbocycles. The Morgan fingerprint density at radius 3 is 3.05 bits per heavy atom. The summed E-state index contributed by atoms with van der Waals surface area (Å²) >= 11 is 1.34. The number of amides is 1. The normalized spacial score (nSPS) is 17.3. The van der Waals surface area contributed by atoms with Crippen LogP contribution in [0.15, 0.2) is 29.6 Å². The summed E-state index contributed by atoms with van der Waals surface area (Å²) in [6, 6.07) is 6.13. The molecule has 3 rings (SSSR count). The van der Waals surface area contributed by atoms with Gasteiger partial charge in [0.2, 0.25) is 5.91 Å². The number of halogens is 2. The Hall–Kier alpha value is -1.50. The fraction of sp³-hybridized carbons (Fsp3) is 0.286. The van der Waals surface area contributed by atoms with E-state index in [2.05, 4.69) is 15.6 Å². The van der Waals surface area contributed by atoms with Gasteiger partial charge in [-0.2, -0.15) is 0 Å². The van der Waals surface area contributed by atoms with E-state index in [1.54, 1.807) is 12.1 Å². The lowest BCUT2D eigenvalue weighted by atomic mass is 10.2. The van der Waals surface area contributed by atoms with Gasteiger partial charge in [0.25, 0.3) is 0 Å². The third kappa shape index (κ3) is 3.78. The molecule has 2 aromatic rings. The van der Waals surface area contributed by atoms with Crippen molar-refractivity contribution in [1.82, 2.24) is 10.3 Å². The monoisotopic (exact) mass is 327 g/mol. The molecule has 0 saturated carbocycles. The molecule has 0 bridgehead atoms. The average Bonchev–Trinajstić information content (AvgIpc) is 3.10.